The molecule has 1 saturated heterocycles. The minimum atomic E-state index is 0.0692. The fraction of sp³-hybridized carbons (Fsp3) is 1.00. The molecule has 0 aromatic carbocycles. The van der Waals surface area contributed by atoms with Crippen LogP contribution >= 0.6 is 0 Å². The monoisotopic (exact) mass is 189 g/mol. The van der Waals surface area contributed by atoms with Crippen LogP contribution in [0.1, 0.15) is 12.8 Å². The van der Waals surface area contributed by atoms with Gasteiger partial charge < -0.3 is 20.3 Å². The molecule has 3 N–H and O–H groups in total. The zero-order valence-corrected chi connectivity index (χ0v) is 7.95. The van der Waals surface area contributed by atoms with E-state index < -0.39 is 0 Å². The van der Waals surface area contributed by atoms with Crippen LogP contribution in [0.15, 0.2) is 0 Å². The van der Waals surface area contributed by atoms with E-state index >= 15 is 0 Å². The molecule has 13 heavy (non-hydrogen) atoms. The van der Waals surface area contributed by atoms with Crippen LogP contribution in [-0.2, 0) is 9.47 Å². The Bertz CT molecular complexity index is 126. The number of aliphatic hydroxyl groups excluding tert-OH is 1. The van der Waals surface area contributed by atoms with Crippen molar-refractivity contribution in [2.24, 2.45) is 11.7 Å². The fourth-order valence-electron chi connectivity index (χ4n) is 1.69. The summed E-state index contributed by atoms with van der Waals surface area (Å²) < 4.78 is 10.7. The van der Waals surface area contributed by atoms with Crippen molar-refractivity contribution in [2.75, 3.05) is 33.0 Å². The lowest BCUT2D eigenvalue weighted by atomic mass is 9.94. The zero-order valence-electron chi connectivity index (χ0n) is 7.95. The van der Waals surface area contributed by atoms with Crippen LogP contribution in [0.2, 0.25) is 0 Å². The maximum Gasteiger partial charge on any atom is 0.0728 e. The number of ether oxygens (including phenoxy) is 2. The molecule has 1 aliphatic heterocycles. The molecule has 1 aliphatic rings. The van der Waals surface area contributed by atoms with Gasteiger partial charge in [-0.25, -0.2) is 0 Å². The Morgan fingerprint density at radius 2 is 2.15 bits per heavy atom. The smallest absolute Gasteiger partial charge is 0.0728 e. The second-order valence-corrected chi connectivity index (χ2v) is 3.32. The van der Waals surface area contributed by atoms with Crippen molar-refractivity contribution in [2.45, 2.75) is 18.9 Å². The van der Waals surface area contributed by atoms with E-state index in [1.165, 1.54) is 0 Å². The number of rotatable bonds is 5. The molecule has 1 heterocycles. The quantitative estimate of drug-likeness (QED) is 0.626. The third-order valence-corrected chi connectivity index (χ3v) is 2.45. The van der Waals surface area contributed by atoms with Crippen molar-refractivity contribution in [3.63, 3.8) is 0 Å². The first-order valence-electron chi connectivity index (χ1n) is 4.88. The summed E-state index contributed by atoms with van der Waals surface area (Å²) in [7, 11) is 0. The topological polar surface area (TPSA) is 64.7 Å². The molecule has 4 nitrogen and oxygen atoms in total. The molecule has 0 aromatic heterocycles. The minimum absolute atomic E-state index is 0.0692. The van der Waals surface area contributed by atoms with E-state index in [9.17, 15) is 0 Å². The Hall–Kier alpha value is -0.160. The van der Waals surface area contributed by atoms with Crippen LogP contribution in [0.3, 0.4) is 0 Å². The van der Waals surface area contributed by atoms with Crippen LogP contribution in [-0.4, -0.2) is 44.2 Å². The standard InChI is InChI=1S/C9H19NO3/c10-7-9(13-6-3-11)8-1-4-12-5-2-8/h8-9,11H,1-7,10H2. The van der Waals surface area contributed by atoms with Crippen molar-refractivity contribution < 1.29 is 14.6 Å². The average Bonchev–Trinajstić information content (AvgIpc) is 2.21. The second kappa shape index (κ2) is 6.32. The molecule has 78 valence electrons. The lowest BCUT2D eigenvalue weighted by Crippen LogP contribution is -2.36. The van der Waals surface area contributed by atoms with Gasteiger partial charge in [0.15, 0.2) is 0 Å². The summed E-state index contributed by atoms with van der Waals surface area (Å²) in [5.41, 5.74) is 5.60. The van der Waals surface area contributed by atoms with Crippen molar-refractivity contribution >= 4 is 0 Å². The van der Waals surface area contributed by atoms with Gasteiger partial charge in [0.2, 0.25) is 0 Å². The summed E-state index contributed by atoms with van der Waals surface area (Å²) in [6.07, 6.45) is 2.14. The van der Waals surface area contributed by atoms with E-state index in [4.69, 9.17) is 20.3 Å². The molecule has 4 heteroatoms. The van der Waals surface area contributed by atoms with Gasteiger partial charge in [0, 0.05) is 19.8 Å². The molecule has 0 aliphatic carbocycles. The second-order valence-electron chi connectivity index (χ2n) is 3.32. The third kappa shape index (κ3) is 3.60. The number of nitrogens with two attached hydrogens (primary N) is 1. The molecule has 0 aromatic rings. The number of hydrogen-bond donors (Lipinski definition) is 2. The maximum absolute atomic E-state index is 8.62. The van der Waals surface area contributed by atoms with Crippen molar-refractivity contribution in [3.8, 4) is 0 Å². The van der Waals surface area contributed by atoms with E-state index in [-0.39, 0.29) is 12.7 Å². The fourth-order valence-corrected chi connectivity index (χ4v) is 1.69. The lowest BCUT2D eigenvalue weighted by molar-refractivity contribution is -0.0382. The molecular formula is C9H19NO3. The molecule has 0 spiro atoms. The Morgan fingerprint density at radius 3 is 2.69 bits per heavy atom. The summed E-state index contributed by atoms with van der Waals surface area (Å²) in [5.74, 6) is 0.505. The highest BCUT2D eigenvalue weighted by molar-refractivity contribution is 4.73. The predicted molar refractivity (Wildman–Crippen MR) is 49.4 cm³/mol. The normalized spacial score (nSPS) is 21.7. The van der Waals surface area contributed by atoms with Crippen molar-refractivity contribution in [3.05, 3.63) is 0 Å². The Balaban J connectivity index is 2.26. The van der Waals surface area contributed by atoms with Crippen LogP contribution in [0.4, 0.5) is 0 Å². The number of aliphatic hydroxyl groups is 1. The van der Waals surface area contributed by atoms with Gasteiger partial charge in [-0.3, -0.25) is 0 Å². The van der Waals surface area contributed by atoms with Gasteiger partial charge in [-0.15, -0.1) is 0 Å². The first-order chi connectivity index (χ1) is 6.38. The predicted octanol–water partition coefficient (Wildman–Crippen LogP) is -0.251. The Kier molecular flexibility index (Phi) is 5.31. The largest absolute Gasteiger partial charge is 0.394 e. The van der Waals surface area contributed by atoms with E-state index in [0.717, 1.165) is 26.1 Å². The molecule has 0 saturated carbocycles. The van der Waals surface area contributed by atoms with Gasteiger partial charge in [-0.05, 0) is 18.8 Å². The first-order valence-corrected chi connectivity index (χ1v) is 4.88. The summed E-state index contributed by atoms with van der Waals surface area (Å²) in [6, 6.07) is 0. The maximum atomic E-state index is 8.62. The van der Waals surface area contributed by atoms with Gasteiger partial charge in [0.05, 0.1) is 19.3 Å². The van der Waals surface area contributed by atoms with Crippen molar-refractivity contribution in [1.29, 1.82) is 0 Å². The van der Waals surface area contributed by atoms with E-state index in [2.05, 4.69) is 0 Å². The highest BCUT2D eigenvalue weighted by Gasteiger charge is 2.23. The Morgan fingerprint density at radius 1 is 1.46 bits per heavy atom. The van der Waals surface area contributed by atoms with Crippen LogP contribution in [0.5, 0.6) is 0 Å². The number of hydrogen-bond acceptors (Lipinski definition) is 4. The SMILES string of the molecule is NCC(OCCO)C1CCOCC1. The molecule has 1 unspecified atom stereocenters. The Labute approximate surface area is 79.0 Å². The van der Waals surface area contributed by atoms with Crippen LogP contribution in [0, 0.1) is 5.92 Å². The molecule has 0 bridgehead atoms. The summed E-state index contributed by atoms with van der Waals surface area (Å²) >= 11 is 0. The molecule has 0 amide bonds. The lowest BCUT2D eigenvalue weighted by Gasteiger charge is -2.29. The summed E-state index contributed by atoms with van der Waals surface area (Å²) in [6.45, 7) is 2.61. The van der Waals surface area contributed by atoms with Gasteiger partial charge in [-0.2, -0.15) is 0 Å². The molecule has 1 atom stereocenters. The van der Waals surface area contributed by atoms with E-state index in [1.54, 1.807) is 0 Å². The van der Waals surface area contributed by atoms with E-state index in [1.807, 2.05) is 0 Å². The van der Waals surface area contributed by atoms with Gasteiger partial charge in [0.1, 0.15) is 0 Å². The van der Waals surface area contributed by atoms with Gasteiger partial charge in [-0.1, -0.05) is 0 Å². The molecule has 1 fully saturated rings. The highest BCUT2D eigenvalue weighted by atomic mass is 16.5. The van der Waals surface area contributed by atoms with E-state index in [0.29, 0.717) is 19.1 Å². The molecular weight excluding hydrogens is 170 g/mol. The highest BCUT2D eigenvalue weighted by Crippen LogP contribution is 2.20. The van der Waals surface area contributed by atoms with Gasteiger partial charge >= 0.3 is 0 Å². The molecule has 1 rings (SSSR count). The van der Waals surface area contributed by atoms with Gasteiger partial charge in [0.25, 0.3) is 0 Å². The van der Waals surface area contributed by atoms with Crippen molar-refractivity contribution in [1.82, 2.24) is 0 Å². The summed E-state index contributed by atoms with van der Waals surface area (Å²) in [4.78, 5) is 0. The first kappa shape index (κ1) is 10.9. The van der Waals surface area contributed by atoms with Crippen LogP contribution in [0.25, 0.3) is 0 Å². The summed E-state index contributed by atoms with van der Waals surface area (Å²) in [5, 5.41) is 8.62. The average molecular weight is 189 g/mol. The zero-order chi connectivity index (χ0) is 9.52. The van der Waals surface area contributed by atoms with Crippen LogP contribution < -0.4 is 5.73 Å². The molecule has 0 radical (unpaired) electrons. The minimum Gasteiger partial charge on any atom is -0.394 e. The third-order valence-electron chi connectivity index (χ3n) is 2.45.